The van der Waals surface area contributed by atoms with Crippen LogP contribution in [0.4, 0.5) is 0 Å². The third kappa shape index (κ3) is 3.18. The van der Waals surface area contributed by atoms with E-state index in [9.17, 15) is 0 Å². The van der Waals surface area contributed by atoms with Gasteiger partial charge in [0.25, 0.3) is 0 Å². The van der Waals surface area contributed by atoms with Gasteiger partial charge in [-0.3, -0.25) is 0 Å². The molecule has 0 aromatic rings. The summed E-state index contributed by atoms with van der Waals surface area (Å²) >= 11 is 0. The summed E-state index contributed by atoms with van der Waals surface area (Å²) in [7, 11) is 0. The van der Waals surface area contributed by atoms with E-state index in [4.69, 9.17) is 4.74 Å². The molecule has 0 aromatic heterocycles. The van der Waals surface area contributed by atoms with Gasteiger partial charge in [-0.05, 0) is 13.8 Å². The van der Waals surface area contributed by atoms with Crippen LogP contribution < -0.4 is 10.6 Å². The van der Waals surface area contributed by atoms with Crippen molar-refractivity contribution in [2.75, 3.05) is 26.2 Å². The van der Waals surface area contributed by atoms with Gasteiger partial charge >= 0.3 is 0 Å². The van der Waals surface area contributed by atoms with E-state index in [2.05, 4.69) is 17.6 Å². The van der Waals surface area contributed by atoms with Gasteiger partial charge in [0.1, 0.15) is 0 Å². The summed E-state index contributed by atoms with van der Waals surface area (Å²) in [4.78, 5) is 0. The summed E-state index contributed by atoms with van der Waals surface area (Å²) in [6, 6.07) is 0.679. The molecule has 1 aliphatic rings. The first-order valence-corrected chi connectivity index (χ1v) is 4.38. The van der Waals surface area contributed by atoms with E-state index in [0.717, 1.165) is 26.2 Å². The van der Waals surface area contributed by atoms with Crippen molar-refractivity contribution in [3.8, 4) is 0 Å². The van der Waals surface area contributed by atoms with Crippen molar-refractivity contribution in [2.45, 2.75) is 26.0 Å². The van der Waals surface area contributed by atoms with E-state index in [1.165, 1.54) is 0 Å². The van der Waals surface area contributed by atoms with Gasteiger partial charge in [0.2, 0.25) is 0 Å². The summed E-state index contributed by atoms with van der Waals surface area (Å²) in [5.41, 5.74) is 0. The fourth-order valence-corrected chi connectivity index (χ4v) is 1.11. The first kappa shape index (κ1) is 8.97. The van der Waals surface area contributed by atoms with E-state index in [1.807, 2.05) is 6.92 Å². The monoisotopic (exact) mass is 158 g/mol. The second-order valence-electron chi connectivity index (χ2n) is 3.03. The third-order valence-corrected chi connectivity index (χ3v) is 1.93. The van der Waals surface area contributed by atoms with Crippen LogP contribution in [0.25, 0.3) is 0 Å². The normalized spacial score (nSPS) is 21.3. The summed E-state index contributed by atoms with van der Waals surface area (Å²) in [5, 5.41) is 6.63. The second-order valence-corrected chi connectivity index (χ2v) is 3.03. The molecule has 11 heavy (non-hydrogen) atoms. The van der Waals surface area contributed by atoms with Gasteiger partial charge in [0.15, 0.2) is 0 Å². The Morgan fingerprint density at radius 3 is 2.82 bits per heavy atom. The van der Waals surface area contributed by atoms with Crippen LogP contribution in [-0.2, 0) is 4.74 Å². The van der Waals surface area contributed by atoms with Gasteiger partial charge < -0.3 is 15.4 Å². The maximum Gasteiger partial charge on any atom is 0.0671 e. The largest absolute Gasteiger partial charge is 0.377 e. The number of ether oxygens (including phenoxy) is 1. The van der Waals surface area contributed by atoms with Crippen molar-refractivity contribution in [3.63, 3.8) is 0 Å². The molecule has 1 saturated heterocycles. The van der Waals surface area contributed by atoms with Crippen molar-refractivity contribution >= 4 is 0 Å². The molecule has 0 bridgehead atoms. The number of hydrogen-bond acceptors (Lipinski definition) is 3. The van der Waals surface area contributed by atoms with E-state index < -0.39 is 0 Å². The zero-order valence-corrected chi connectivity index (χ0v) is 7.39. The van der Waals surface area contributed by atoms with Crippen LogP contribution in [0.3, 0.4) is 0 Å². The van der Waals surface area contributed by atoms with Crippen molar-refractivity contribution in [1.29, 1.82) is 0 Å². The Hall–Kier alpha value is -0.120. The molecule has 1 rings (SSSR count). The highest BCUT2D eigenvalue weighted by molar-refractivity contribution is 4.81. The topological polar surface area (TPSA) is 33.3 Å². The maximum atomic E-state index is 5.38. The van der Waals surface area contributed by atoms with Gasteiger partial charge in [-0.1, -0.05) is 0 Å². The Morgan fingerprint density at radius 2 is 2.36 bits per heavy atom. The molecule has 66 valence electrons. The molecule has 2 N–H and O–H groups in total. The molecular weight excluding hydrogens is 140 g/mol. The lowest BCUT2D eigenvalue weighted by Crippen LogP contribution is -2.56. The summed E-state index contributed by atoms with van der Waals surface area (Å²) in [5.74, 6) is 0. The fraction of sp³-hybridized carbons (Fsp3) is 1.00. The molecule has 1 unspecified atom stereocenters. The van der Waals surface area contributed by atoms with E-state index in [-0.39, 0.29) is 0 Å². The van der Waals surface area contributed by atoms with Crippen LogP contribution in [-0.4, -0.2) is 38.4 Å². The predicted molar refractivity (Wildman–Crippen MR) is 45.7 cm³/mol. The Morgan fingerprint density at radius 1 is 1.64 bits per heavy atom. The minimum Gasteiger partial charge on any atom is -0.377 e. The lowest BCUT2D eigenvalue weighted by Gasteiger charge is -2.29. The summed E-state index contributed by atoms with van der Waals surface area (Å²) in [6.07, 6.45) is 0.348. The first-order chi connectivity index (χ1) is 5.33. The minimum atomic E-state index is 0.348. The van der Waals surface area contributed by atoms with E-state index in [1.54, 1.807) is 0 Å². The van der Waals surface area contributed by atoms with Gasteiger partial charge in [0.05, 0.1) is 6.10 Å². The summed E-state index contributed by atoms with van der Waals surface area (Å²) < 4.78 is 5.38. The number of rotatable bonds is 5. The smallest absolute Gasteiger partial charge is 0.0671 e. The second kappa shape index (κ2) is 4.70. The molecule has 1 aliphatic heterocycles. The molecule has 1 heterocycles. The van der Waals surface area contributed by atoms with E-state index >= 15 is 0 Å². The molecule has 0 amide bonds. The Bertz CT molecular complexity index is 104. The summed E-state index contributed by atoms with van der Waals surface area (Å²) in [6.45, 7) is 8.13. The average molecular weight is 158 g/mol. The van der Waals surface area contributed by atoms with Crippen molar-refractivity contribution < 1.29 is 4.74 Å². The molecule has 0 aliphatic carbocycles. The number of nitrogens with one attached hydrogen (secondary N) is 2. The Kier molecular flexibility index (Phi) is 3.83. The molecule has 0 saturated carbocycles. The zero-order chi connectivity index (χ0) is 8.10. The van der Waals surface area contributed by atoms with Gasteiger partial charge in [-0.25, -0.2) is 0 Å². The molecule has 1 atom stereocenters. The molecule has 1 fully saturated rings. The first-order valence-electron chi connectivity index (χ1n) is 4.38. The minimum absolute atomic E-state index is 0.348. The molecule has 3 nitrogen and oxygen atoms in total. The standard InChI is InChI=1S/C8H18N2O/c1-3-11-7(2)4-10-8-5-9-6-8/h7-10H,3-6H2,1-2H3. The molecule has 3 heteroatoms. The quantitative estimate of drug-likeness (QED) is 0.589. The van der Waals surface area contributed by atoms with Gasteiger partial charge in [-0.15, -0.1) is 0 Å². The van der Waals surface area contributed by atoms with E-state index in [0.29, 0.717) is 12.1 Å². The van der Waals surface area contributed by atoms with Crippen LogP contribution in [0.2, 0.25) is 0 Å². The van der Waals surface area contributed by atoms with Crippen LogP contribution in [0.15, 0.2) is 0 Å². The zero-order valence-electron chi connectivity index (χ0n) is 7.39. The molecule has 0 radical (unpaired) electrons. The fourth-order valence-electron chi connectivity index (χ4n) is 1.11. The van der Waals surface area contributed by atoms with Crippen LogP contribution >= 0.6 is 0 Å². The van der Waals surface area contributed by atoms with Gasteiger partial charge in [-0.2, -0.15) is 0 Å². The highest BCUT2D eigenvalue weighted by atomic mass is 16.5. The molecular formula is C8H18N2O. The highest BCUT2D eigenvalue weighted by Gasteiger charge is 2.15. The SMILES string of the molecule is CCOC(C)CNC1CNC1. The maximum absolute atomic E-state index is 5.38. The van der Waals surface area contributed by atoms with Crippen LogP contribution in [0.5, 0.6) is 0 Å². The van der Waals surface area contributed by atoms with Crippen molar-refractivity contribution in [3.05, 3.63) is 0 Å². The van der Waals surface area contributed by atoms with Crippen LogP contribution in [0, 0.1) is 0 Å². The highest BCUT2D eigenvalue weighted by Crippen LogP contribution is 1.93. The number of hydrogen-bond donors (Lipinski definition) is 2. The third-order valence-electron chi connectivity index (χ3n) is 1.93. The van der Waals surface area contributed by atoms with Gasteiger partial charge in [0, 0.05) is 32.3 Å². The molecule has 0 aromatic carbocycles. The Balaban J connectivity index is 1.92. The lowest BCUT2D eigenvalue weighted by molar-refractivity contribution is 0.0723. The Labute approximate surface area is 68.5 Å². The predicted octanol–water partition coefficient (Wildman–Crippen LogP) is -0.0272. The molecule has 0 spiro atoms. The van der Waals surface area contributed by atoms with Crippen molar-refractivity contribution in [1.82, 2.24) is 10.6 Å². The van der Waals surface area contributed by atoms with Crippen molar-refractivity contribution in [2.24, 2.45) is 0 Å². The van der Waals surface area contributed by atoms with Crippen LogP contribution in [0.1, 0.15) is 13.8 Å². The lowest BCUT2D eigenvalue weighted by atomic mass is 10.2. The average Bonchev–Trinajstić information content (AvgIpc) is 1.85.